The maximum Gasteiger partial charge on any atom is 0.203 e. The number of hydrogen-bond acceptors (Lipinski definition) is 6. The normalized spacial score (nSPS) is 10.3. The van der Waals surface area contributed by atoms with Gasteiger partial charge in [0, 0.05) is 27.8 Å². The van der Waals surface area contributed by atoms with Crippen LogP contribution >= 0.6 is 11.3 Å². The number of nitrogen functional groups attached to an aromatic ring is 1. The monoisotopic (exact) mass is 366 g/mol. The highest BCUT2D eigenvalue weighted by Gasteiger charge is 2.04. The number of nitrogens with zero attached hydrogens (tertiary/aromatic N) is 2. The second-order valence-corrected chi connectivity index (χ2v) is 6.03. The molecule has 1 aromatic heterocycles. The standard InChI is InChI=1S/C18H16N4OS.C2H6/c1-12(23)14-7-8-15(16(19)9-14)10-20-22-18-21-17(11-24-18)13-5-3-2-4-6-13;1-2/h2-11H,19H2,1H3,(H,21,22);1-2H3/b20-10+;. The number of ketones is 1. The Kier molecular flexibility index (Phi) is 7.05. The zero-order chi connectivity index (χ0) is 18.9. The third kappa shape index (κ3) is 5.00. The molecule has 0 bridgehead atoms. The lowest BCUT2D eigenvalue weighted by atomic mass is 10.1. The molecule has 0 saturated heterocycles. The van der Waals surface area contributed by atoms with E-state index in [0.717, 1.165) is 16.8 Å². The third-order valence-corrected chi connectivity index (χ3v) is 4.18. The Morgan fingerprint density at radius 2 is 1.92 bits per heavy atom. The average Bonchev–Trinajstić information content (AvgIpc) is 3.14. The minimum atomic E-state index is -0.0143. The van der Waals surface area contributed by atoms with Crippen LogP contribution in [0.15, 0.2) is 59.0 Å². The molecule has 0 aliphatic carbocycles. The SMILES string of the molecule is CC.CC(=O)c1ccc(/C=N/Nc2nc(-c3ccccc3)cs2)c(N)c1. The first-order chi connectivity index (χ1) is 12.6. The summed E-state index contributed by atoms with van der Waals surface area (Å²) < 4.78 is 0. The van der Waals surface area contributed by atoms with E-state index in [9.17, 15) is 4.79 Å². The smallest absolute Gasteiger partial charge is 0.203 e. The van der Waals surface area contributed by atoms with Crippen LogP contribution in [0.2, 0.25) is 0 Å². The van der Waals surface area contributed by atoms with Crippen molar-refractivity contribution in [2.45, 2.75) is 20.8 Å². The molecule has 5 nitrogen and oxygen atoms in total. The van der Waals surface area contributed by atoms with Gasteiger partial charge in [-0.05, 0) is 13.0 Å². The molecule has 0 fully saturated rings. The molecule has 1 heterocycles. The maximum absolute atomic E-state index is 11.3. The highest BCUT2D eigenvalue weighted by Crippen LogP contribution is 2.24. The fraction of sp³-hybridized carbons (Fsp3) is 0.150. The summed E-state index contributed by atoms with van der Waals surface area (Å²) >= 11 is 1.48. The number of Topliss-reactive ketones (excluding diaryl/α,β-unsaturated/α-hetero) is 1. The van der Waals surface area contributed by atoms with E-state index >= 15 is 0 Å². The molecule has 0 amide bonds. The quantitative estimate of drug-likeness (QED) is 0.286. The van der Waals surface area contributed by atoms with Crippen molar-refractivity contribution in [3.05, 3.63) is 65.0 Å². The van der Waals surface area contributed by atoms with E-state index in [-0.39, 0.29) is 5.78 Å². The number of nitrogens with one attached hydrogen (secondary N) is 1. The van der Waals surface area contributed by atoms with E-state index in [0.29, 0.717) is 16.4 Å². The van der Waals surface area contributed by atoms with Crippen LogP contribution in [0.3, 0.4) is 0 Å². The molecule has 0 aliphatic heterocycles. The van der Waals surface area contributed by atoms with Gasteiger partial charge in [-0.3, -0.25) is 10.2 Å². The molecule has 0 spiro atoms. The Labute approximate surface area is 157 Å². The average molecular weight is 366 g/mol. The van der Waals surface area contributed by atoms with Crippen LogP contribution < -0.4 is 11.2 Å². The Morgan fingerprint density at radius 3 is 2.58 bits per heavy atom. The van der Waals surface area contributed by atoms with Crippen molar-refractivity contribution in [3.63, 3.8) is 0 Å². The largest absolute Gasteiger partial charge is 0.398 e. The van der Waals surface area contributed by atoms with Gasteiger partial charge in [0.15, 0.2) is 5.78 Å². The molecule has 6 heteroatoms. The van der Waals surface area contributed by atoms with Gasteiger partial charge in [0.2, 0.25) is 5.13 Å². The molecule has 134 valence electrons. The highest BCUT2D eigenvalue weighted by molar-refractivity contribution is 7.14. The van der Waals surface area contributed by atoms with Gasteiger partial charge < -0.3 is 5.73 Å². The number of rotatable bonds is 5. The Morgan fingerprint density at radius 1 is 1.19 bits per heavy atom. The second kappa shape index (κ2) is 9.48. The first-order valence-corrected chi connectivity index (χ1v) is 9.22. The lowest BCUT2D eigenvalue weighted by molar-refractivity contribution is 0.101. The van der Waals surface area contributed by atoms with Crippen molar-refractivity contribution in [1.82, 2.24) is 4.98 Å². The Hall–Kier alpha value is -2.99. The van der Waals surface area contributed by atoms with E-state index in [1.54, 1.807) is 24.4 Å². The lowest BCUT2D eigenvalue weighted by Crippen LogP contribution is -1.99. The van der Waals surface area contributed by atoms with E-state index in [1.165, 1.54) is 18.3 Å². The van der Waals surface area contributed by atoms with Gasteiger partial charge in [0.25, 0.3) is 0 Å². The van der Waals surface area contributed by atoms with Crippen LogP contribution in [0.1, 0.15) is 36.7 Å². The van der Waals surface area contributed by atoms with Crippen molar-refractivity contribution in [2.75, 3.05) is 11.2 Å². The van der Waals surface area contributed by atoms with Crippen LogP contribution in [0.25, 0.3) is 11.3 Å². The molecule has 0 saturated carbocycles. The summed E-state index contributed by atoms with van der Waals surface area (Å²) in [6, 6.07) is 15.1. The van der Waals surface area contributed by atoms with Crippen LogP contribution in [0.4, 0.5) is 10.8 Å². The Balaban J connectivity index is 0.00000117. The second-order valence-electron chi connectivity index (χ2n) is 5.17. The molecule has 2 aromatic carbocycles. The minimum Gasteiger partial charge on any atom is -0.398 e. The summed E-state index contributed by atoms with van der Waals surface area (Å²) in [7, 11) is 0. The molecule has 26 heavy (non-hydrogen) atoms. The molecule has 0 aliphatic rings. The van der Waals surface area contributed by atoms with Gasteiger partial charge in [-0.2, -0.15) is 5.10 Å². The van der Waals surface area contributed by atoms with E-state index in [2.05, 4.69) is 15.5 Å². The number of thiazole rings is 1. The number of hydrogen-bond donors (Lipinski definition) is 2. The molecular formula is C20H22N4OS. The van der Waals surface area contributed by atoms with Crippen molar-refractivity contribution in [1.29, 1.82) is 0 Å². The number of aromatic nitrogens is 1. The summed E-state index contributed by atoms with van der Waals surface area (Å²) in [5.41, 5.74) is 12.6. The van der Waals surface area contributed by atoms with Crippen LogP contribution in [0, 0.1) is 0 Å². The number of anilines is 2. The van der Waals surface area contributed by atoms with Crippen molar-refractivity contribution < 1.29 is 4.79 Å². The predicted octanol–water partition coefficient (Wildman–Crippen LogP) is 5.07. The lowest BCUT2D eigenvalue weighted by Gasteiger charge is -2.02. The van der Waals surface area contributed by atoms with Crippen LogP contribution in [-0.4, -0.2) is 17.0 Å². The molecule has 0 atom stereocenters. The zero-order valence-corrected chi connectivity index (χ0v) is 15.9. The summed E-state index contributed by atoms with van der Waals surface area (Å²) in [5.74, 6) is -0.0143. The van der Waals surface area contributed by atoms with Crippen LogP contribution in [0.5, 0.6) is 0 Å². The van der Waals surface area contributed by atoms with Gasteiger partial charge in [0.05, 0.1) is 11.9 Å². The number of hydrazone groups is 1. The van der Waals surface area contributed by atoms with Crippen molar-refractivity contribution in [3.8, 4) is 11.3 Å². The van der Waals surface area contributed by atoms with E-state index in [1.807, 2.05) is 49.6 Å². The number of carbonyl (C=O) groups is 1. The zero-order valence-electron chi connectivity index (χ0n) is 15.1. The number of nitrogens with two attached hydrogens (primary N) is 1. The summed E-state index contributed by atoms with van der Waals surface area (Å²) in [4.78, 5) is 15.8. The van der Waals surface area contributed by atoms with Crippen LogP contribution in [-0.2, 0) is 0 Å². The molecular weight excluding hydrogens is 344 g/mol. The maximum atomic E-state index is 11.3. The fourth-order valence-electron chi connectivity index (χ4n) is 2.13. The summed E-state index contributed by atoms with van der Waals surface area (Å²) in [6.45, 7) is 5.51. The number of carbonyl (C=O) groups excluding carboxylic acids is 1. The van der Waals surface area contributed by atoms with Gasteiger partial charge in [-0.1, -0.05) is 56.3 Å². The Bertz CT molecular complexity index is 888. The number of benzene rings is 2. The van der Waals surface area contributed by atoms with Crippen molar-refractivity contribution in [2.24, 2.45) is 5.10 Å². The molecule has 3 aromatic rings. The van der Waals surface area contributed by atoms with Gasteiger partial charge in [0.1, 0.15) is 0 Å². The van der Waals surface area contributed by atoms with Gasteiger partial charge in [-0.25, -0.2) is 4.98 Å². The molecule has 0 radical (unpaired) electrons. The summed E-state index contributed by atoms with van der Waals surface area (Å²) in [5, 5.41) is 6.84. The first-order valence-electron chi connectivity index (χ1n) is 8.34. The van der Waals surface area contributed by atoms with Crippen molar-refractivity contribution >= 4 is 34.2 Å². The van der Waals surface area contributed by atoms with E-state index < -0.39 is 0 Å². The fourth-order valence-corrected chi connectivity index (χ4v) is 2.80. The summed E-state index contributed by atoms with van der Waals surface area (Å²) in [6.07, 6.45) is 1.61. The topological polar surface area (TPSA) is 80.4 Å². The van der Waals surface area contributed by atoms with E-state index in [4.69, 9.17) is 5.73 Å². The minimum absolute atomic E-state index is 0.0143. The molecule has 0 unspecified atom stereocenters. The van der Waals surface area contributed by atoms with Gasteiger partial charge >= 0.3 is 0 Å². The molecule has 3 rings (SSSR count). The highest BCUT2D eigenvalue weighted by atomic mass is 32.1. The first kappa shape index (κ1) is 19.3. The van der Waals surface area contributed by atoms with Gasteiger partial charge in [-0.15, -0.1) is 11.3 Å². The predicted molar refractivity (Wildman–Crippen MR) is 111 cm³/mol. The molecule has 3 N–H and O–H groups in total. The third-order valence-electron chi connectivity index (χ3n) is 3.43.